The van der Waals surface area contributed by atoms with E-state index in [1.165, 1.54) is 6.92 Å². The maximum Gasteiger partial charge on any atom is 0.421 e. The molecule has 2 fully saturated rings. The summed E-state index contributed by atoms with van der Waals surface area (Å²) in [5.74, 6) is -0.280. The zero-order valence-corrected chi connectivity index (χ0v) is 20.4. The van der Waals surface area contributed by atoms with Crippen LogP contribution in [0.2, 0.25) is 0 Å². The summed E-state index contributed by atoms with van der Waals surface area (Å²) in [7, 11) is 0. The molecule has 1 aliphatic heterocycles. The predicted octanol–water partition coefficient (Wildman–Crippen LogP) is 5.28. The van der Waals surface area contributed by atoms with Gasteiger partial charge in [0.05, 0.1) is 11.4 Å². The Hall–Kier alpha value is -3.37. The molecule has 1 aromatic heterocycles. The van der Waals surface area contributed by atoms with Gasteiger partial charge >= 0.3 is 6.18 Å². The van der Waals surface area contributed by atoms with Crippen molar-refractivity contribution in [3.8, 4) is 0 Å². The van der Waals surface area contributed by atoms with Crippen LogP contribution in [0.25, 0.3) is 0 Å². The van der Waals surface area contributed by atoms with E-state index >= 15 is 0 Å². The van der Waals surface area contributed by atoms with Crippen LogP contribution in [0.5, 0.6) is 0 Å². The number of hydrogen-bond donors (Lipinski definition) is 3. The molecule has 1 atom stereocenters. The smallest absolute Gasteiger partial charge is 0.350 e. The molecule has 2 amide bonds. The first-order valence-corrected chi connectivity index (χ1v) is 12.3. The second kappa shape index (κ2) is 10.7. The highest BCUT2D eigenvalue weighted by Gasteiger charge is 2.36. The Morgan fingerprint density at radius 2 is 1.92 bits per heavy atom. The number of piperidine rings is 1. The van der Waals surface area contributed by atoms with E-state index in [-0.39, 0.29) is 30.2 Å². The molecule has 36 heavy (non-hydrogen) atoms. The third-order valence-corrected chi connectivity index (χ3v) is 6.76. The number of nitrogens with zero attached hydrogens (tertiary/aromatic N) is 3. The van der Waals surface area contributed by atoms with Crippen LogP contribution >= 0.6 is 0 Å². The molecule has 0 unspecified atom stereocenters. The first-order valence-electron chi connectivity index (χ1n) is 12.3. The van der Waals surface area contributed by atoms with Crippen molar-refractivity contribution in [3.63, 3.8) is 0 Å². The maximum absolute atomic E-state index is 13.8. The lowest BCUT2D eigenvalue weighted by atomic mass is 9.80. The van der Waals surface area contributed by atoms with Gasteiger partial charge in [-0.15, -0.1) is 0 Å². The first kappa shape index (κ1) is 25.7. The van der Waals surface area contributed by atoms with Gasteiger partial charge in [0.15, 0.2) is 0 Å². The van der Waals surface area contributed by atoms with Crippen molar-refractivity contribution >= 4 is 35.0 Å². The van der Waals surface area contributed by atoms with E-state index in [2.05, 4.69) is 25.9 Å². The number of amides is 2. The minimum absolute atomic E-state index is 0.0335. The Bertz CT molecular complexity index is 1120. The molecule has 1 saturated carbocycles. The highest BCUT2D eigenvalue weighted by Crippen LogP contribution is 2.40. The summed E-state index contributed by atoms with van der Waals surface area (Å²) in [6.07, 6.45) is 1.06. The van der Waals surface area contributed by atoms with Gasteiger partial charge in [0.25, 0.3) is 0 Å². The molecule has 3 N–H and O–H groups in total. The van der Waals surface area contributed by atoms with E-state index in [1.54, 1.807) is 17.9 Å². The normalized spacial score (nSPS) is 18.4. The standard InChI is InChI=1S/C25H31F3N6O2/c1-3-22(36)31-21-12-17(16-6-4-7-16)9-10-20(21)32-23-19(25(26,27)28)13-29-24(33-23)30-18-8-5-11-34(14-18)15(2)35/h9-10,12-13,16,18H,3-8,11,14H2,1-2H3,(H,31,36)(H2,29,30,32,33)/t18-/m0/s1. The van der Waals surface area contributed by atoms with Crippen LogP contribution in [-0.2, 0) is 15.8 Å². The summed E-state index contributed by atoms with van der Waals surface area (Å²) in [6, 6.07) is 5.21. The number of benzene rings is 1. The molecule has 2 aliphatic rings. The average Bonchev–Trinajstić information content (AvgIpc) is 2.79. The quantitative estimate of drug-likeness (QED) is 0.475. The van der Waals surface area contributed by atoms with Gasteiger partial charge in [0, 0.05) is 38.7 Å². The number of aromatic nitrogens is 2. The number of hydrogen-bond acceptors (Lipinski definition) is 6. The number of nitrogens with one attached hydrogen (secondary N) is 3. The molecule has 2 aromatic rings. The average molecular weight is 505 g/mol. The van der Waals surface area contributed by atoms with Gasteiger partial charge < -0.3 is 20.9 Å². The monoisotopic (exact) mass is 504 g/mol. The van der Waals surface area contributed by atoms with Crippen molar-refractivity contribution < 1.29 is 22.8 Å². The zero-order chi connectivity index (χ0) is 25.9. The third-order valence-electron chi connectivity index (χ3n) is 6.76. The lowest BCUT2D eigenvalue weighted by Crippen LogP contribution is -2.44. The van der Waals surface area contributed by atoms with Gasteiger partial charge in [0.1, 0.15) is 11.4 Å². The molecule has 1 aromatic carbocycles. The van der Waals surface area contributed by atoms with Crippen LogP contribution in [0.1, 0.15) is 69.4 Å². The lowest BCUT2D eigenvalue weighted by molar-refractivity contribution is -0.137. The van der Waals surface area contributed by atoms with Crippen molar-refractivity contribution in [2.75, 3.05) is 29.0 Å². The topological polar surface area (TPSA) is 99.2 Å². The van der Waals surface area contributed by atoms with Gasteiger partial charge in [-0.2, -0.15) is 18.2 Å². The van der Waals surface area contributed by atoms with Crippen LogP contribution in [-0.4, -0.2) is 45.8 Å². The summed E-state index contributed by atoms with van der Waals surface area (Å²) >= 11 is 0. The number of carbonyl (C=O) groups is 2. The number of alkyl halides is 3. The van der Waals surface area contributed by atoms with Crippen LogP contribution < -0.4 is 16.0 Å². The Morgan fingerprint density at radius 3 is 2.56 bits per heavy atom. The van der Waals surface area contributed by atoms with Gasteiger partial charge in [-0.25, -0.2) is 4.98 Å². The molecule has 0 bridgehead atoms. The van der Waals surface area contributed by atoms with Crippen molar-refractivity contribution in [1.29, 1.82) is 0 Å². The third kappa shape index (κ3) is 6.06. The molecular weight excluding hydrogens is 473 g/mol. The van der Waals surface area contributed by atoms with Gasteiger partial charge in [-0.3, -0.25) is 9.59 Å². The van der Waals surface area contributed by atoms with Gasteiger partial charge in [-0.1, -0.05) is 19.4 Å². The van der Waals surface area contributed by atoms with Crippen molar-refractivity contribution in [2.45, 2.75) is 70.5 Å². The Kier molecular flexibility index (Phi) is 7.65. The molecule has 8 nitrogen and oxygen atoms in total. The zero-order valence-electron chi connectivity index (χ0n) is 20.4. The van der Waals surface area contributed by atoms with E-state index in [4.69, 9.17) is 0 Å². The van der Waals surface area contributed by atoms with Crippen LogP contribution in [0.4, 0.5) is 36.3 Å². The van der Waals surface area contributed by atoms with Crippen LogP contribution in [0.3, 0.4) is 0 Å². The highest BCUT2D eigenvalue weighted by molar-refractivity contribution is 5.95. The molecular formula is C25H31F3N6O2. The predicted molar refractivity (Wildman–Crippen MR) is 131 cm³/mol. The first-order chi connectivity index (χ1) is 17.1. The van der Waals surface area contributed by atoms with E-state index in [9.17, 15) is 22.8 Å². The van der Waals surface area contributed by atoms with E-state index < -0.39 is 17.6 Å². The number of halogens is 3. The summed E-state index contributed by atoms with van der Waals surface area (Å²) in [6.45, 7) is 4.28. The Morgan fingerprint density at radius 1 is 1.14 bits per heavy atom. The number of carbonyl (C=O) groups excluding carboxylic acids is 2. The second-order valence-corrected chi connectivity index (χ2v) is 9.36. The Balaban J connectivity index is 1.63. The molecule has 4 rings (SSSR count). The SMILES string of the molecule is CCC(=O)Nc1cc(C2CCC2)ccc1Nc1nc(N[C@H]2CCCN(C(C)=O)C2)ncc1C(F)(F)F. The van der Waals surface area contributed by atoms with Gasteiger partial charge in [-0.05, 0) is 49.3 Å². The summed E-state index contributed by atoms with van der Waals surface area (Å²) in [4.78, 5) is 33.6. The lowest BCUT2D eigenvalue weighted by Gasteiger charge is -2.32. The second-order valence-electron chi connectivity index (χ2n) is 9.36. The minimum Gasteiger partial charge on any atom is -0.350 e. The van der Waals surface area contributed by atoms with Crippen molar-refractivity contribution in [2.24, 2.45) is 0 Å². The highest BCUT2D eigenvalue weighted by atomic mass is 19.4. The summed E-state index contributed by atoms with van der Waals surface area (Å²) in [5.41, 5.74) is 0.761. The fraction of sp³-hybridized carbons (Fsp3) is 0.520. The molecule has 1 aliphatic carbocycles. The molecule has 2 heterocycles. The van der Waals surface area contributed by atoms with Crippen LogP contribution in [0, 0.1) is 0 Å². The minimum atomic E-state index is -4.68. The van der Waals surface area contributed by atoms with Crippen molar-refractivity contribution in [3.05, 3.63) is 35.5 Å². The maximum atomic E-state index is 13.8. The molecule has 0 radical (unpaired) electrons. The number of likely N-dealkylation sites (tertiary alicyclic amines) is 1. The molecule has 1 saturated heterocycles. The number of anilines is 4. The number of rotatable bonds is 7. The van der Waals surface area contributed by atoms with Gasteiger partial charge in [0.2, 0.25) is 17.8 Å². The summed E-state index contributed by atoms with van der Waals surface area (Å²) < 4.78 is 41.4. The summed E-state index contributed by atoms with van der Waals surface area (Å²) in [5, 5.41) is 8.66. The fourth-order valence-corrected chi connectivity index (χ4v) is 4.45. The van der Waals surface area contributed by atoms with E-state index in [1.807, 2.05) is 12.1 Å². The molecule has 0 spiro atoms. The Labute approximate surface area is 208 Å². The fourth-order valence-electron chi connectivity index (χ4n) is 4.45. The molecule has 11 heteroatoms. The largest absolute Gasteiger partial charge is 0.421 e. The van der Waals surface area contributed by atoms with Crippen LogP contribution in [0.15, 0.2) is 24.4 Å². The molecule has 194 valence electrons. The van der Waals surface area contributed by atoms with Crippen molar-refractivity contribution in [1.82, 2.24) is 14.9 Å². The van der Waals surface area contributed by atoms with E-state index in [0.717, 1.165) is 43.9 Å². The van der Waals surface area contributed by atoms with E-state index in [0.29, 0.717) is 30.4 Å².